The van der Waals surface area contributed by atoms with Crippen LogP contribution in [0.3, 0.4) is 0 Å². The number of nitrogens with zero attached hydrogens (tertiary/aromatic N) is 2. The van der Waals surface area contributed by atoms with Crippen molar-refractivity contribution in [2.45, 2.75) is 45.6 Å². The fourth-order valence-corrected chi connectivity index (χ4v) is 2.39. The van der Waals surface area contributed by atoms with Crippen LogP contribution in [0, 0.1) is 0 Å². The van der Waals surface area contributed by atoms with Gasteiger partial charge in [0.15, 0.2) is 5.96 Å². The first-order valence-corrected chi connectivity index (χ1v) is 7.82. The number of alkyl halides is 2. The minimum absolute atomic E-state index is 0. The van der Waals surface area contributed by atoms with Gasteiger partial charge in [0.05, 0.1) is 6.54 Å². The molecular formula is C15H29F2IN4. The Hall–Kier alpha value is -0.440. The normalized spacial score (nSPS) is 17.8. The molecule has 0 aliphatic carbocycles. The van der Waals surface area contributed by atoms with Crippen LogP contribution in [0.2, 0.25) is 0 Å². The van der Waals surface area contributed by atoms with Crippen molar-refractivity contribution in [1.82, 2.24) is 15.5 Å². The lowest BCUT2D eigenvalue weighted by molar-refractivity contribution is 0.0744. The van der Waals surface area contributed by atoms with Gasteiger partial charge in [0.1, 0.15) is 0 Å². The first kappa shape index (κ1) is 21.6. The molecule has 7 heteroatoms. The molecule has 0 aromatic heterocycles. The maximum atomic E-state index is 12.3. The zero-order chi connectivity index (χ0) is 15.5. The number of hydrogen-bond acceptors (Lipinski definition) is 2. The number of likely N-dealkylation sites (tertiary alicyclic amines) is 1. The van der Waals surface area contributed by atoms with Crippen LogP contribution in [0.25, 0.3) is 0 Å². The second kappa shape index (κ2) is 13.0. The van der Waals surface area contributed by atoms with E-state index in [0.717, 1.165) is 51.4 Å². The van der Waals surface area contributed by atoms with Gasteiger partial charge in [-0.05, 0) is 33.1 Å². The molecule has 0 saturated carbocycles. The Morgan fingerprint density at radius 2 is 2.05 bits per heavy atom. The van der Waals surface area contributed by atoms with Crippen LogP contribution in [0.15, 0.2) is 17.1 Å². The van der Waals surface area contributed by atoms with Gasteiger partial charge in [-0.15, -0.1) is 24.0 Å². The average molecular weight is 430 g/mol. The van der Waals surface area contributed by atoms with Crippen LogP contribution in [0.1, 0.15) is 33.1 Å². The number of allylic oxidation sites excluding steroid dienone is 1. The van der Waals surface area contributed by atoms with Crippen molar-refractivity contribution in [3.63, 3.8) is 0 Å². The third-order valence-electron chi connectivity index (χ3n) is 3.47. The fraction of sp³-hybridized carbons (Fsp3) is 0.800. The number of aliphatic imine (C=N–C) groups is 1. The van der Waals surface area contributed by atoms with Gasteiger partial charge >= 0.3 is 0 Å². The highest BCUT2D eigenvalue weighted by molar-refractivity contribution is 14.0. The summed E-state index contributed by atoms with van der Waals surface area (Å²) in [5.41, 5.74) is 0. The molecule has 1 saturated heterocycles. The molecule has 4 nitrogen and oxygen atoms in total. The minimum atomic E-state index is -2.24. The lowest BCUT2D eigenvalue weighted by atomic mass is 10.1. The van der Waals surface area contributed by atoms with E-state index in [0.29, 0.717) is 6.04 Å². The summed E-state index contributed by atoms with van der Waals surface area (Å²) in [5, 5.41) is 6.64. The summed E-state index contributed by atoms with van der Waals surface area (Å²) in [6.07, 6.45) is 4.57. The summed E-state index contributed by atoms with van der Waals surface area (Å²) >= 11 is 0. The van der Waals surface area contributed by atoms with E-state index in [1.807, 2.05) is 24.8 Å². The van der Waals surface area contributed by atoms with Gasteiger partial charge in [0.2, 0.25) is 0 Å². The molecule has 0 amide bonds. The van der Waals surface area contributed by atoms with E-state index < -0.39 is 6.43 Å². The summed E-state index contributed by atoms with van der Waals surface area (Å²) in [7, 11) is 0. The number of rotatable bonds is 7. The van der Waals surface area contributed by atoms with Crippen LogP contribution in [0.5, 0.6) is 0 Å². The van der Waals surface area contributed by atoms with Gasteiger partial charge in [-0.2, -0.15) is 0 Å². The number of guanidine groups is 1. The molecule has 1 heterocycles. The van der Waals surface area contributed by atoms with Gasteiger partial charge in [-0.25, -0.2) is 8.78 Å². The molecule has 1 fully saturated rings. The molecule has 130 valence electrons. The molecule has 0 unspecified atom stereocenters. The molecule has 0 aromatic rings. The average Bonchev–Trinajstić information content (AvgIpc) is 2.45. The predicted molar refractivity (Wildman–Crippen MR) is 99.4 cm³/mol. The Morgan fingerprint density at radius 1 is 1.36 bits per heavy atom. The van der Waals surface area contributed by atoms with Gasteiger partial charge in [-0.3, -0.25) is 9.89 Å². The molecule has 1 rings (SSSR count). The monoisotopic (exact) mass is 430 g/mol. The van der Waals surface area contributed by atoms with Crippen molar-refractivity contribution < 1.29 is 8.78 Å². The van der Waals surface area contributed by atoms with E-state index in [1.54, 1.807) is 0 Å². The van der Waals surface area contributed by atoms with Gasteiger partial charge in [0.25, 0.3) is 6.43 Å². The zero-order valence-electron chi connectivity index (χ0n) is 13.5. The fourth-order valence-electron chi connectivity index (χ4n) is 2.39. The number of halogens is 3. The Bertz CT molecular complexity index is 330. The molecular weight excluding hydrogens is 401 g/mol. The summed E-state index contributed by atoms with van der Waals surface area (Å²) in [4.78, 5) is 6.35. The van der Waals surface area contributed by atoms with E-state index in [2.05, 4.69) is 21.7 Å². The molecule has 0 atom stereocenters. The maximum Gasteiger partial charge on any atom is 0.251 e. The topological polar surface area (TPSA) is 39.7 Å². The largest absolute Gasteiger partial charge is 0.357 e. The van der Waals surface area contributed by atoms with Crippen molar-refractivity contribution >= 4 is 29.9 Å². The lowest BCUT2D eigenvalue weighted by Crippen LogP contribution is -2.49. The van der Waals surface area contributed by atoms with Crippen molar-refractivity contribution in [3.05, 3.63) is 12.2 Å². The Balaban J connectivity index is 0.00000441. The van der Waals surface area contributed by atoms with Crippen LogP contribution < -0.4 is 10.6 Å². The second-order valence-electron chi connectivity index (χ2n) is 5.23. The standard InChI is InChI=1S/C15H28F2N4.HI/c1-3-5-6-9-19-15(18-4-2)20-13-7-10-21(11-8-13)12-14(16)17;/h3,5,13-14H,4,6-12H2,1-2H3,(H2,18,19,20);1H/b5-3+;. The Labute approximate surface area is 149 Å². The molecule has 0 aromatic carbocycles. The van der Waals surface area contributed by atoms with E-state index >= 15 is 0 Å². The third-order valence-corrected chi connectivity index (χ3v) is 3.47. The molecule has 22 heavy (non-hydrogen) atoms. The lowest BCUT2D eigenvalue weighted by Gasteiger charge is -2.32. The molecule has 0 bridgehead atoms. The highest BCUT2D eigenvalue weighted by Gasteiger charge is 2.21. The molecule has 1 aliphatic heterocycles. The summed E-state index contributed by atoms with van der Waals surface area (Å²) in [6.45, 7) is 6.95. The molecule has 2 N–H and O–H groups in total. The van der Waals surface area contributed by atoms with Gasteiger partial charge in [-0.1, -0.05) is 12.2 Å². The maximum absolute atomic E-state index is 12.3. The minimum Gasteiger partial charge on any atom is -0.357 e. The van der Waals surface area contributed by atoms with Crippen molar-refractivity contribution in [1.29, 1.82) is 0 Å². The van der Waals surface area contributed by atoms with E-state index in [9.17, 15) is 8.78 Å². The second-order valence-corrected chi connectivity index (χ2v) is 5.23. The first-order chi connectivity index (χ1) is 10.2. The van der Waals surface area contributed by atoms with Gasteiger partial charge in [0, 0.05) is 32.2 Å². The molecule has 1 aliphatic rings. The predicted octanol–water partition coefficient (Wildman–Crippen LogP) is 2.86. The van der Waals surface area contributed by atoms with E-state index in [-0.39, 0.29) is 30.5 Å². The summed E-state index contributed by atoms with van der Waals surface area (Å²) < 4.78 is 24.7. The van der Waals surface area contributed by atoms with Gasteiger partial charge < -0.3 is 10.6 Å². The first-order valence-electron chi connectivity index (χ1n) is 7.82. The van der Waals surface area contributed by atoms with E-state index in [4.69, 9.17) is 0 Å². The van der Waals surface area contributed by atoms with Crippen LogP contribution >= 0.6 is 24.0 Å². The van der Waals surface area contributed by atoms with Crippen LogP contribution in [-0.2, 0) is 0 Å². The smallest absolute Gasteiger partial charge is 0.251 e. The van der Waals surface area contributed by atoms with Crippen molar-refractivity contribution in [2.75, 3.05) is 32.7 Å². The SMILES string of the molecule is C/C=C/CCN=C(NCC)NC1CCN(CC(F)F)CC1.I. The number of nitrogens with one attached hydrogen (secondary N) is 2. The highest BCUT2D eigenvalue weighted by Crippen LogP contribution is 2.11. The van der Waals surface area contributed by atoms with E-state index in [1.165, 1.54) is 0 Å². The summed E-state index contributed by atoms with van der Waals surface area (Å²) in [5.74, 6) is 0.828. The van der Waals surface area contributed by atoms with Crippen LogP contribution in [-0.4, -0.2) is 56.1 Å². The summed E-state index contributed by atoms with van der Waals surface area (Å²) in [6, 6.07) is 0.318. The van der Waals surface area contributed by atoms with Crippen molar-refractivity contribution in [3.8, 4) is 0 Å². The highest BCUT2D eigenvalue weighted by atomic mass is 127. The molecule has 0 radical (unpaired) electrons. The Morgan fingerprint density at radius 3 is 2.59 bits per heavy atom. The number of piperidine rings is 1. The zero-order valence-corrected chi connectivity index (χ0v) is 15.9. The molecule has 0 spiro atoms. The quantitative estimate of drug-likeness (QED) is 0.215. The number of hydrogen-bond donors (Lipinski definition) is 2. The third kappa shape index (κ3) is 9.55. The van der Waals surface area contributed by atoms with Crippen molar-refractivity contribution in [2.24, 2.45) is 4.99 Å². The van der Waals surface area contributed by atoms with Crippen LogP contribution in [0.4, 0.5) is 8.78 Å². The Kier molecular flexibility index (Phi) is 12.8.